The molecule has 2 rings (SSSR count). The quantitative estimate of drug-likeness (QED) is 0.642. The Bertz CT molecular complexity index is 843. The molecule has 0 unspecified atom stereocenters. The maximum atomic E-state index is 12.3. The van der Waals surface area contributed by atoms with Crippen molar-refractivity contribution < 1.29 is 23.5 Å². The standard InChI is InChI=1S/C19H18ClN3O5/c20-15-6-4-14(5-7-15)19(26)22-11-18(25)28-13-17(24)23(9-2-8-21)12-16-3-1-10-27-16/h1,3-7,10H,2,9,11-13H2,(H,22,26). The molecule has 0 bridgehead atoms. The zero-order valence-corrected chi connectivity index (χ0v) is 15.6. The molecule has 1 aromatic carbocycles. The molecule has 1 aromatic heterocycles. The van der Waals surface area contributed by atoms with Gasteiger partial charge in [-0.1, -0.05) is 11.6 Å². The molecule has 8 nitrogen and oxygen atoms in total. The van der Waals surface area contributed by atoms with E-state index >= 15 is 0 Å². The van der Waals surface area contributed by atoms with Crippen molar-refractivity contribution in [2.24, 2.45) is 0 Å². The van der Waals surface area contributed by atoms with Gasteiger partial charge in [0.15, 0.2) is 6.61 Å². The third kappa shape index (κ3) is 6.78. The van der Waals surface area contributed by atoms with Gasteiger partial charge in [-0.3, -0.25) is 14.4 Å². The second-order valence-electron chi connectivity index (χ2n) is 5.65. The normalized spacial score (nSPS) is 10.0. The highest BCUT2D eigenvalue weighted by molar-refractivity contribution is 6.30. The predicted molar refractivity (Wildman–Crippen MR) is 99.1 cm³/mol. The minimum absolute atomic E-state index is 0.136. The lowest BCUT2D eigenvalue weighted by Gasteiger charge is -2.20. The molecule has 0 aliphatic carbocycles. The number of esters is 1. The topological polar surface area (TPSA) is 113 Å². The van der Waals surface area contributed by atoms with Crippen molar-refractivity contribution in [2.45, 2.75) is 13.0 Å². The summed E-state index contributed by atoms with van der Waals surface area (Å²) in [6, 6.07) is 11.5. The molecule has 28 heavy (non-hydrogen) atoms. The van der Waals surface area contributed by atoms with Crippen molar-refractivity contribution in [3.63, 3.8) is 0 Å². The van der Waals surface area contributed by atoms with Gasteiger partial charge in [0.05, 0.1) is 25.3 Å². The molecule has 0 spiro atoms. The van der Waals surface area contributed by atoms with Crippen molar-refractivity contribution in [2.75, 3.05) is 19.7 Å². The largest absolute Gasteiger partial charge is 0.467 e. The van der Waals surface area contributed by atoms with Crippen LogP contribution >= 0.6 is 11.6 Å². The lowest BCUT2D eigenvalue weighted by molar-refractivity contribution is -0.151. The molecule has 2 aromatic rings. The highest BCUT2D eigenvalue weighted by Gasteiger charge is 2.17. The van der Waals surface area contributed by atoms with Gasteiger partial charge < -0.3 is 19.4 Å². The Labute approximate surface area is 166 Å². The molecule has 0 aliphatic heterocycles. The van der Waals surface area contributed by atoms with Crippen LogP contribution in [0.5, 0.6) is 0 Å². The van der Waals surface area contributed by atoms with E-state index < -0.39 is 24.4 Å². The van der Waals surface area contributed by atoms with Gasteiger partial charge in [-0.2, -0.15) is 5.26 Å². The minimum Gasteiger partial charge on any atom is -0.467 e. The molecule has 9 heteroatoms. The van der Waals surface area contributed by atoms with Crippen LogP contribution in [-0.4, -0.2) is 42.4 Å². The molecule has 0 atom stereocenters. The lowest BCUT2D eigenvalue weighted by Crippen LogP contribution is -2.36. The van der Waals surface area contributed by atoms with Crippen LogP contribution in [0.3, 0.4) is 0 Å². The van der Waals surface area contributed by atoms with Crippen LogP contribution in [0.25, 0.3) is 0 Å². The number of nitrogens with one attached hydrogen (secondary N) is 1. The summed E-state index contributed by atoms with van der Waals surface area (Å²) in [5.74, 6) is -1.14. The van der Waals surface area contributed by atoms with Crippen LogP contribution in [-0.2, 0) is 20.9 Å². The van der Waals surface area contributed by atoms with Crippen LogP contribution in [0.2, 0.25) is 5.02 Å². The summed E-state index contributed by atoms with van der Waals surface area (Å²) in [6.45, 7) is -0.536. The van der Waals surface area contributed by atoms with Gasteiger partial charge in [0.25, 0.3) is 11.8 Å². The number of benzene rings is 1. The third-order valence-electron chi connectivity index (χ3n) is 3.63. The summed E-state index contributed by atoms with van der Waals surface area (Å²) in [5, 5.41) is 11.6. The number of nitriles is 1. The maximum Gasteiger partial charge on any atom is 0.325 e. The lowest BCUT2D eigenvalue weighted by atomic mass is 10.2. The highest BCUT2D eigenvalue weighted by Crippen LogP contribution is 2.09. The molecule has 0 fully saturated rings. The number of amides is 2. The van der Waals surface area contributed by atoms with Crippen molar-refractivity contribution in [1.29, 1.82) is 5.26 Å². The Balaban J connectivity index is 1.79. The first kappa shape index (κ1) is 21.0. The zero-order valence-electron chi connectivity index (χ0n) is 14.9. The van der Waals surface area contributed by atoms with Gasteiger partial charge in [-0.25, -0.2) is 0 Å². The Morgan fingerprint density at radius 2 is 1.96 bits per heavy atom. The molecule has 146 valence electrons. The van der Waals surface area contributed by atoms with Crippen LogP contribution in [0.1, 0.15) is 22.5 Å². The van der Waals surface area contributed by atoms with E-state index in [1.165, 1.54) is 23.3 Å². The van der Waals surface area contributed by atoms with Crippen LogP contribution in [0, 0.1) is 11.3 Å². The van der Waals surface area contributed by atoms with Gasteiger partial charge in [0.2, 0.25) is 0 Å². The Morgan fingerprint density at radius 1 is 1.21 bits per heavy atom. The molecule has 1 N–H and O–H groups in total. The number of nitrogens with zero attached hydrogens (tertiary/aromatic N) is 2. The molecule has 0 saturated heterocycles. The van der Waals surface area contributed by atoms with E-state index in [-0.39, 0.29) is 26.1 Å². The van der Waals surface area contributed by atoms with Gasteiger partial charge in [-0.15, -0.1) is 0 Å². The van der Waals surface area contributed by atoms with E-state index in [0.29, 0.717) is 16.3 Å². The van der Waals surface area contributed by atoms with E-state index in [2.05, 4.69) is 5.32 Å². The molecule has 0 saturated carbocycles. The average Bonchev–Trinajstić information content (AvgIpc) is 3.21. The number of carbonyl (C=O) groups excluding carboxylic acids is 3. The first-order chi connectivity index (χ1) is 13.5. The second kappa shape index (κ2) is 10.7. The van der Waals surface area contributed by atoms with Gasteiger partial charge in [0.1, 0.15) is 12.3 Å². The second-order valence-corrected chi connectivity index (χ2v) is 6.09. The number of halogens is 1. The number of rotatable bonds is 9. The van der Waals surface area contributed by atoms with E-state index in [0.717, 1.165) is 0 Å². The fourth-order valence-electron chi connectivity index (χ4n) is 2.21. The summed E-state index contributed by atoms with van der Waals surface area (Å²) >= 11 is 5.75. The number of hydrogen-bond acceptors (Lipinski definition) is 6. The van der Waals surface area contributed by atoms with E-state index in [1.54, 1.807) is 24.3 Å². The first-order valence-corrected chi connectivity index (χ1v) is 8.74. The summed E-state index contributed by atoms with van der Waals surface area (Å²) in [5.41, 5.74) is 0.342. The van der Waals surface area contributed by atoms with Crippen LogP contribution in [0.15, 0.2) is 47.1 Å². The molecule has 0 aliphatic rings. The van der Waals surface area contributed by atoms with Crippen molar-refractivity contribution in [1.82, 2.24) is 10.2 Å². The molecule has 2 amide bonds. The molecule has 1 heterocycles. The summed E-state index contributed by atoms with van der Waals surface area (Å²) in [7, 11) is 0. The SMILES string of the molecule is N#CCCN(Cc1ccco1)C(=O)COC(=O)CNC(=O)c1ccc(Cl)cc1. The number of ether oxygens (including phenoxy) is 1. The van der Waals surface area contributed by atoms with Crippen LogP contribution < -0.4 is 5.32 Å². The predicted octanol–water partition coefficient (Wildman–Crippen LogP) is 2.15. The smallest absolute Gasteiger partial charge is 0.325 e. The summed E-state index contributed by atoms with van der Waals surface area (Å²) in [4.78, 5) is 37.3. The van der Waals surface area contributed by atoms with Gasteiger partial charge in [-0.05, 0) is 36.4 Å². The van der Waals surface area contributed by atoms with Crippen molar-refractivity contribution >= 4 is 29.4 Å². The monoisotopic (exact) mass is 403 g/mol. The molecular weight excluding hydrogens is 386 g/mol. The zero-order chi connectivity index (χ0) is 20.4. The average molecular weight is 404 g/mol. The highest BCUT2D eigenvalue weighted by atomic mass is 35.5. The van der Waals surface area contributed by atoms with Crippen molar-refractivity contribution in [3.8, 4) is 6.07 Å². The number of carbonyl (C=O) groups is 3. The fourth-order valence-corrected chi connectivity index (χ4v) is 2.33. The summed E-state index contributed by atoms with van der Waals surface area (Å²) in [6.07, 6.45) is 1.61. The molecule has 0 radical (unpaired) electrons. The Hall–Kier alpha value is -3.31. The van der Waals surface area contributed by atoms with E-state index in [1.807, 2.05) is 6.07 Å². The maximum absolute atomic E-state index is 12.3. The molecular formula is C19H18ClN3O5. The fraction of sp³-hybridized carbons (Fsp3) is 0.263. The first-order valence-electron chi connectivity index (χ1n) is 8.36. The Kier molecular flexibility index (Phi) is 8.06. The van der Waals surface area contributed by atoms with Gasteiger partial charge >= 0.3 is 5.97 Å². The van der Waals surface area contributed by atoms with Crippen molar-refractivity contribution in [3.05, 3.63) is 59.0 Å². The Morgan fingerprint density at radius 3 is 2.61 bits per heavy atom. The van der Waals surface area contributed by atoms with Crippen LogP contribution in [0.4, 0.5) is 0 Å². The van der Waals surface area contributed by atoms with E-state index in [9.17, 15) is 14.4 Å². The van der Waals surface area contributed by atoms with Gasteiger partial charge in [0, 0.05) is 17.1 Å². The number of furan rings is 1. The summed E-state index contributed by atoms with van der Waals surface area (Å²) < 4.78 is 10.1. The van der Waals surface area contributed by atoms with E-state index in [4.69, 9.17) is 26.0 Å². The minimum atomic E-state index is -0.756. The number of hydrogen-bond donors (Lipinski definition) is 1. The third-order valence-corrected chi connectivity index (χ3v) is 3.88.